The van der Waals surface area contributed by atoms with Crippen molar-refractivity contribution in [3.8, 4) is 0 Å². The van der Waals surface area contributed by atoms with E-state index in [9.17, 15) is 14.7 Å². The molecule has 0 saturated heterocycles. The van der Waals surface area contributed by atoms with Crippen LogP contribution in [0.2, 0.25) is 0 Å². The zero-order valence-corrected chi connectivity index (χ0v) is 8.46. The molecule has 0 fully saturated rings. The summed E-state index contributed by atoms with van der Waals surface area (Å²) in [5.41, 5.74) is -0.0777. The molecule has 0 spiro atoms. The zero-order chi connectivity index (χ0) is 10.7. The van der Waals surface area contributed by atoms with E-state index < -0.39 is 5.91 Å². The third-order valence-corrected chi connectivity index (χ3v) is 2.32. The Morgan fingerprint density at radius 2 is 2.21 bits per heavy atom. The van der Waals surface area contributed by atoms with Crippen molar-refractivity contribution in [1.82, 2.24) is 5.32 Å². The summed E-state index contributed by atoms with van der Waals surface area (Å²) in [4.78, 5) is 22.3. The molecule has 0 aromatic rings. The van der Waals surface area contributed by atoms with Crippen LogP contribution in [0.5, 0.6) is 0 Å². The van der Waals surface area contributed by atoms with Crippen molar-refractivity contribution in [2.75, 3.05) is 0 Å². The van der Waals surface area contributed by atoms with Crippen molar-refractivity contribution in [2.24, 2.45) is 0 Å². The van der Waals surface area contributed by atoms with Crippen LogP contribution in [0.4, 0.5) is 0 Å². The Morgan fingerprint density at radius 3 is 2.64 bits per heavy atom. The molecule has 1 aliphatic rings. The number of carbonyl (C=O) groups is 2. The molecule has 1 unspecified atom stereocenters. The lowest BCUT2D eigenvalue weighted by Crippen LogP contribution is -2.29. The first-order chi connectivity index (χ1) is 6.57. The van der Waals surface area contributed by atoms with Crippen LogP contribution in [0.3, 0.4) is 0 Å². The maximum Gasteiger partial charge on any atom is 0.258 e. The number of ketones is 1. The normalized spacial score (nSPS) is 21.3. The summed E-state index contributed by atoms with van der Waals surface area (Å²) < 4.78 is 0. The van der Waals surface area contributed by atoms with Gasteiger partial charge in [-0.1, -0.05) is 19.8 Å². The van der Waals surface area contributed by atoms with Crippen molar-refractivity contribution >= 4 is 11.7 Å². The van der Waals surface area contributed by atoms with Gasteiger partial charge in [0.25, 0.3) is 5.91 Å². The summed E-state index contributed by atoms with van der Waals surface area (Å²) in [6.45, 7) is 3.32. The predicted molar refractivity (Wildman–Crippen MR) is 51.8 cm³/mol. The minimum Gasteiger partial charge on any atom is -0.509 e. The lowest BCUT2D eigenvalue weighted by Gasteiger charge is -2.09. The highest BCUT2D eigenvalue weighted by Crippen LogP contribution is 2.19. The highest BCUT2D eigenvalue weighted by molar-refractivity contribution is 6.20. The molecule has 1 rings (SSSR count). The van der Waals surface area contributed by atoms with E-state index in [1.807, 2.05) is 6.92 Å². The minimum absolute atomic E-state index is 0.0777. The van der Waals surface area contributed by atoms with Crippen molar-refractivity contribution in [1.29, 1.82) is 0 Å². The van der Waals surface area contributed by atoms with E-state index in [-0.39, 0.29) is 23.2 Å². The number of aliphatic hydroxyl groups excluding tert-OH is 1. The van der Waals surface area contributed by atoms with Crippen molar-refractivity contribution < 1.29 is 14.7 Å². The van der Waals surface area contributed by atoms with Gasteiger partial charge in [0.05, 0.1) is 6.04 Å². The number of aliphatic hydroxyl groups is 1. The topological polar surface area (TPSA) is 66.4 Å². The molecular weight excluding hydrogens is 182 g/mol. The lowest BCUT2D eigenvalue weighted by molar-refractivity contribution is -0.121. The number of hydrogen-bond donors (Lipinski definition) is 2. The van der Waals surface area contributed by atoms with Crippen LogP contribution < -0.4 is 5.32 Å². The number of carbonyl (C=O) groups excluding carboxylic acids is 2. The van der Waals surface area contributed by atoms with Gasteiger partial charge in [0.1, 0.15) is 11.3 Å². The molecule has 0 aliphatic carbocycles. The van der Waals surface area contributed by atoms with Gasteiger partial charge in [0.15, 0.2) is 5.78 Å². The smallest absolute Gasteiger partial charge is 0.258 e. The number of nitrogens with one attached hydrogen (secondary N) is 1. The van der Waals surface area contributed by atoms with E-state index in [1.165, 1.54) is 6.92 Å². The van der Waals surface area contributed by atoms with Gasteiger partial charge in [-0.05, 0) is 13.3 Å². The fourth-order valence-electron chi connectivity index (χ4n) is 1.55. The van der Waals surface area contributed by atoms with E-state index >= 15 is 0 Å². The second kappa shape index (κ2) is 4.26. The molecule has 78 valence electrons. The molecule has 0 bridgehead atoms. The van der Waals surface area contributed by atoms with E-state index in [0.717, 1.165) is 12.8 Å². The molecule has 1 heterocycles. The Morgan fingerprint density at radius 1 is 1.57 bits per heavy atom. The molecule has 1 atom stereocenters. The van der Waals surface area contributed by atoms with E-state index in [2.05, 4.69) is 5.32 Å². The fourth-order valence-corrected chi connectivity index (χ4v) is 1.55. The van der Waals surface area contributed by atoms with Gasteiger partial charge < -0.3 is 10.4 Å². The summed E-state index contributed by atoms with van der Waals surface area (Å²) in [5.74, 6) is -0.911. The Bertz CT molecular complexity index is 294. The molecule has 0 radical (unpaired) electrons. The van der Waals surface area contributed by atoms with Crippen LogP contribution >= 0.6 is 0 Å². The Hall–Kier alpha value is -1.32. The van der Waals surface area contributed by atoms with Gasteiger partial charge in [0.2, 0.25) is 0 Å². The fraction of sp³-hybridized carbons (Fsp3) is 0.600. The highest BCUT2D eigenvalue weighted by atomic mass is 16.3. The summed E-state index contributed by atoms with van der Waals surface area (Å²) in [5, 5.41) is 12.2. The number of amides is 1. The predicted octanol–water partition coefficient (Wildman–Crippen LogP) is 1.08. The monoisotopic (exact) mass is 197 g/mol. The summed E-state index contributed by atoms with van der Waals surface area (Å²) in [6.07, 6.45) is 2.60. The van der Waals surface area contributed by atoms with Crippen LogP contribution in [0.15, 0.2) is 11.3 Å². The molecule has 2 N–H and O–H groups in total. The second-order valence-corrected chi connectivity index (χ2v) is 3.48. The summed E-state index contributed by atoms with van der Waals surface area (Å²) in [6, 6.07) is -0.360. The van der Waals surface area contributed by atoms with Gasteiger partial charge in [0, 0.05) is 0 Å². The first-order valence-electron chi connectivity index (χ1n) is 4.82. The highest BCUT2D eigenvalue weighted by Gasteiger charge is 2.33. The summed E-state index contributed by atoms with van der Waals surface area (Å²) >= 11 is 0. The molecule has 4 nitrogen and oxygen atoms in total. The van der Waals surface area contributed by atoms with E-state index in [4.69, 9.17) is 0 Å². The van der Waals surface area contributed by atoms with Crippen LogP contribution in [0, 0.1) is 0 Å². The number of unbranched alkanes of at least 4 members (excludes halogenated alkanes) is 1. The Labute approximate surface area is 83.0 Å². The van der Waals surface area contributed by atoms with Gasteiger partial charge in [-0.2, -0.15) is 0 Å². The quantitative estimate of drug-likeness (QED) is 0.662. The molecule has 14 heavy (non-hydrogen) atoms. The summed E-state index contributed by atoms with van der Waals surface area (Å²) in [7, 11) is 0. The lowest BCUT2D eigenvalue weighted by atomic mass is 10.1. The van der Waals surface area contributed by atoms with E-state index in [1.54, 1.807) is 0 Å². The Balaban J connectivity index is 2.77. The van der Waals surface area contributed by atoms with Crippen LogP contribution in [-0.2, 0) is 9.59 Å². The average molecular weight is 197 g/mol. The van der Waals surface area contributed by atoms with Crippen LogP contribution in [0.25, 0.3) is 0 Å². The molecule has 1 aliphatic heterocycles. The molecule has 1 amide bonds. The van der Waals surface area contributed by atoms with Gasteiger partial charge in [-0.25, -0.2) is 0 Å². The molecular formula is C10H15NO3. The van der Waals surface area contributed by atoms with Crippen molar-refractivity contribution in [3.63, 3.8) is 0 Å². The van der Waals surface area contributed by atoms with Crippen LogP contribution in [0.1, 0.15) is 33.1 Å². The maximum absolute atomic E-state index is 11.2. The Kier molecular flexibility index (Phi) is 3.28. The molecule has 0 saturated carbocycles. The van der Waals surface area contributed by atoms with E-state index in [0.29, 0.717) is 6.42 Å². The standard InChI is InChI=1S/C10H15NO3/c1-3-4-5-7-9(13)8(6(2)12)10(14)11-7/h7,13H,3-5H2,1-2H3,(H,11,14). The zero-order valence-electron chi connectivity index (χ0n) is 8.46. The number of Topliss-reactive ketones (excluding diaryl/α,β-unsaturated/α-hetero) is 1. The third kappa shape index (κ3) is 1.95. The van der Waals surface area contributed by atoms with Crippen molar-refractivity contribution in [3.05, 3.63) is 11.3 Å². The SMILES string of the molecule is CCCCC1NC(=O)C(C(C)=O)=C1O. The van der Waals surface area contributed by atoms with Crippen LogP contribution in [-0.4, -0.2) is 22.8 Å². The first-order valence-corrected chi connectivity index (χ1v) is 4.82. The van der Waals surface area contributed by atoms with Crippen molar-refractivity contribution in [2.45, 2.75) is 39.2 Å². The molecule has 0 aromatic carbocycles. The minimum atomic E-state index is -0.448. The van der Waals surface area contributed by atoms with Gasteiger partial charge in [-0.15, -0.1) is 0 Å². The number of rotatable bonds is 4. The maximum atomic E-state index is 11.2. The van der Waals surface area contributed by atoms with Gasteiger partial charge in [-0.3, -0.25) is 9.59 Å². The number of hydrogen-bond acceptors (Lipinski definition) is 3. The molecule has 0 aromatic heterocycles. The largest absolute Gasteiger partial charge is 0.509 e. The first kappa shape index (κ1) is 10.8. The third-order valence-electron chi connectivity index (χ3n) is 2.32. The average Bonchev–Trinajstić information content (AvgIpc) is 2.38. The molecule has 4 heteroatoms. The van der Waals surface area contributed by atoms with Gasteiger partial charge >= 0.3 is 0 Å². The second-order valence-electron chi connectivity index (χ2n) is 3.48.